The van der Waals surface area contributed by atoms with E-state index in [4.69, 9.17) is 9.47 Å². The summed E-state index contributed by atoms with van der Waals surface area (Å²) < 4.78 is 42.8. The van der Waals surface area contributed by atoms with Gasteiger partial charge in [-0.15, -0.1) is 0 Å². The first-order chi connectivity index (χ1) is 28.1. The van der Waals surface area contributed by atoms with E-state index in [1.54, 1.807) is 24.3 Å². The summed E-state index contributed by atoms with van der Waals surface area (Å²) in [6.45, 7) is 9.91. The lowest BCUT2D eigenvalue weighted by Crippen LogP contribution is -2.51. The summed E-state index contributed by atoms with van der Waals surface area (Å²) in [6, 6.07) is 41.3. The number of nitrogens with one attached hydrogen (secondary N) is 2. The van der Waals surface area contributed by atoms with Crippen molar-refractivity contribution in [3.05, 3.63) is 172 Å². The third kappa shape index (κ3) is 10.9. The van der Waals surface area contributed by atoms with Crippen LogP contribution in [-0.2, 0) is 50.4 Å². The molecule has 304 valence electrons. The number of nitrogens with zero attached hydrogens (tertiary/aromatic N) is 2. The standard InChI is InChI=1S/C47H54N4O6S/c1-34-13-23-42(24-14-34)58(54,55)49-43(29-36-9-5-3-6-10-36)46(53)48-30-37-15-21-41(22-16-37)47-56-44(35(2)45(57-47)40-19-17-39(33-52)18-20-40)32-51-27-25-50(26-28-51)31-38-11-7-4-8-12-38/h3-24,35,43-45,47,49,52H,25-33H2,1-2H3,(H,48,53)/t35-,43+,44+,45+,47+/m0/s1. The van der Waals surface area contributed by atoms with E-state index >= 15 is 0 Å². The third-order valence-electron chi connectivity index (χ3n) is 11.2. The van der Waals surface area contributed by atoms with Crippen LogP contribution in [0.25, 0.3) is 0 Å². The zero-order chi connectivity index (χ0) is 40.5. The molecule has 2 fully saturated rings. The molecule has 5 aromatic rings. The lowest BCUT2D eigenvalue weighted by molar-refractivity contribution is -0.276. The fourth-order valence-corrected chi connectivity index (χ4v) is 8.87. The van der Waals surface area contributed by atoms with Gasteiger partial charge in [-0.3, -0.25) is 14.6 Å². The molecule has 0 unspecified atom stereocenters. The molecule has 11 heteroatoms. The quantitative estimate of drug-likeness (QED) is 0.113. The van der Waals surface area contributed by atoms with Crippen molar-refractivity contribution in [1.82, 2.24) is 19.8 Å². The molecular formula is C47H54N4O6S. The van der Waals surface area contributed by atoms with Gasteiger partial charge in [-0.05, 0) is 53.3 Å². The van der Waals surface area contributed by atoms with Crippen molar-refractivity contribution in [3.63, 3.8) is 0 Å². The highest BCUT2D eigenvalue weighted by molar-refractivity contribution is 7.89. The minimum atomic E-state index is -3.96. The number of carbonyl (C=O) groups is 1. The van der Waals surface area contributed by atoms with E-state index < -0.39 is 28.3 Å². The second kappa shape index (κ2) is 19.4. The van der Waals surface area contributed by atoms with Crippen molar-refractivity contribution in [2.75, 3.05) is 32.7 Å². The minimum Gasteiger partial charge on any atom is -0.392 e. The number of hydrogen-bond donors (Lipinski definition) is 3. The second-order valence-corrected chi connectivity index (χ2v) is 17.2. The van der Waals surface area contributed by atoms with Crippen LogP contribution in [0, 0.1) is 12.8 Å². The maximum absolute atomic E-state index is 13.6. The van der Waals surface area contributed by atoms with Crippen LogP contribution < -0.4 is 10.0 Å². The van der Waals surface area contributed by atoms with E-state index in [1.165, 1.54) is 5.56 Å². The summed E-state index contributed by atoms with van der Waals surface area (Å²) in [5.41, 5.74) is 6.72. The Labute approximate surface area is 342 Å². The van der Waals surface area contributed by atoms with Crippen molar-refractivity contribution in [2.45, 2.75) is 69.4 Å². The molecule has 2 aliphatic heterocycles. The monoisotopic (exact) mass is 802 g/mol. The molecule has 10 nitrogen and oxygen atoms in total. The van der Waals surface area contributed by atoms with Crippen molar-refractivity contribution < 1.29 is 27.8 Å². The number of aryl methyl sites for hydroxylation is 1. The SMILES string of the molecule is Cc1ccc(S(=O)(=O)N[C@H](Cc2ccccc2)C(=O)NCc2ccc([C@@H]3O[C@H](CN4CCN(Cc5ccccc5)CC4)[C@H](C)[C@H](c4ccc(CO)cc4)O3)cc2)cc1. The Hall–Kier alpha value is -4.72. The van der Waals surface area contributed by atoms with E-state index in [0.717, 1.165) is 72.6 Å². The van der Waals surface area contributed by atoms with E-state index in [1.807, 2.05) is 85.8 Å². The van der Waals surface area contributed by atoms with Gasteiger partial charge < -0.3 is 19.9 Å². The molecule has 7 rings (SSSR count). The van der Waals surface area contributed by atoms with Gasteiger partial charge in [-0.25, -0.2) is 8.42 Å². The molecule has 1 amide bonds. The first kappa shape index (κ1) is 41.4. The first-order valence-electron chi connectivity index (χ1n) is 20.1. The Kier molecular flexibility index (Phi) is 13.8. The number of hydrogen-bond acceptors (Lipinski definition) is 8. The van der Waals surface area contributed by atoms with Crippen LogP contribution in [0.5, 0.6) is 0 Å². The van der Waals surface area contributed by atoms with Crippen molar-refractivity contribution in [2.24, 2.45) is 5.92 Å². The molecule has 0 spiro atoms. The molecule has 2 heterocycles. The number of ether oxygens (including phenoxy) is 2. The topological polar surface area (TPSA) is 120 Å². The largest absolute Gasteiger partial charge is 0.392 e. The predicted molar refractivity (Wildman–Crippen MR) is 225 cm³/mol. The Balaban J connectivity index is 1.02. The van der Waals surface area contributed by atoms with Gasteiger partial charge in [0, 0.05) is 57.3 Å². The molecule has 0 saturated carbocycles. The molecule has 5 atom stereocenters. The van der Waals surface area contributed by atoms with Crippen molar-refractivity contribution >= 4 is 15.9 Å². The van der Waals surface area contributed by atoms with Crippen molar-refractivity contribution in [1.29, 1.82) is 0 Å². The van der Waals surface area contributed by atoms with Gasteiger partial charge in [0.05, 0.1) is 23.7 Å². The number of rotatable bonds is 15. The highest BCUT2D eigenvalue weighted by Gasteiger charge is 2.39. The molecule has 0 bridgehead atoms. The van der Waals surface area contributed by atoms with E-state index in [-0.39, 0.29) is 42.6 Å². The number of benzene rings is 5. The van der Waals surface area contributed by atoms with Crippen LogP contribution in [0.2, 0.25) is 0 Å². The molecule has 3 N–H and O–H groups in total. The Morgan fingerprint density at radius 2 is 1.31 bits per heavy atom. The maximum atomic E-state index is 13.6. The third-order valence-corrected chi connectivity index (χ3v) is 12.7. The molecule has 0 aromatic heterocycles. The Morgan fingerprint density at radius 3 is 1.95 bits per heavy atom. The van der Waals surface area contributed by atoms with Gasteiger partial charge in [0.25, 0.3) is 0 Å². The molecule has 0 radical (unpaired) electrons. The van der Waals surface area contributed by atoms with Gasteiger partial charge in [0.1, 0.15) is 6.04 Å². The Bertz CT molecular complexity index is 2160. The maximum Gasteiger partial charge on any atom is 0.241 e. The van der Waals surface area contributed by atoms with Crippen LogP contribution in [-0.4, -0.2) is 74.1 Å². The number of carbonyl (C=O) groups excluding carboxylic acids is 1. The van der Waals surface area contributed by atoms with Gasteiger partial charge in [-0.2, -0.15) is 4.72 Å². The van der Waals surface area contributed by atoms with Crippen LogP contribution in [0.1, 0.15) is 58.3 Å². The number of amides is 1. The second-order valence-electron chi connectivity index (χ2n) is 15.5. The summed E-state index contributed by atoms with van der Waals surface area (Å²) >= 11 is 0. The summed E-state index contributed by atoms with van der Waals surface area (Å²) in [5, 5.41) is 12.6. The normalized spacial score (nSPS) is 21.0. The summed E-state index contributed by atoms with van der Waals surface area (Å²) in [7, 11) is -3.96. The van der Waals surface area contributed by atoms with E-state index in [0.29, 0.717) is 0 Å². The molecule has 58 heavy (non-hydrogen) atoms. The first-order valence-corrected chi connectivity index (χ1v) is 21.6. The van der Waals surface area contributed by atoms with Crippen LogP contribution in [0.3, 0.4) is 0 Å². The average Bonchev–Trinajstić information content (AvgIpc) is 3.25. The van der Waals surface area contributed by atoms with Gasteiger partial charge in [-0.1, -0.05) is 134 Å². The zero-order valence-corrected chi connectivity index (χ0v) is 34.1. The predicted octanol–water partition coefficient (Wildman–Crippen LogP) is 6.30. The fraction of sp³-hybridized carbons (Fsp3) is 0.340. The molecule has 2 aliphatic rings. The Morgan fingerprint density at radius 1 is 0.724 bits per heavy atom. The average molecular weight is 803 g/mol. The highest BCUT2D eigenvalue weighted by Crippen LogP contribution is 2.42. The van der Waals surface area contributed by atoms with Gasteiger partial charge in [0.15, 0.2) is 6.29 Å². The highest BCUT2D eigenvalue weighted by atomic mass is 32.2. The smallest absolute Gasteiger partial charge is 0.241 e. The van der Waals surface area contributed by atoms with Crippen LogP contribution in [0.4, 0.5) is 0 Å². The van der Waals surface area contributed by atoms with Crippen LogP contribution in [0.15, 0.2) is 138 Å². The van der Waals surface area contributed by atoms with Crippen LogP contribution >= 0.6 is 0 Å². The van der Waals surface area contributed by atoms with E-state index in [2.05, 4.69) is 57.1 Å². The minimum absolute atomic E-state index is 0.0184. The lowest BCUT2D eigenvalue weighted by Gasteiger charge is -2.44. The fourth-order valence-electron chi connectivity index (χ4n) is 7.67. The number of aliphatic hydroxyl groups is 1. The summed E-state index contributed by atoms with van der Waals surface area (Å²) in [5.74, 6) is -0.351. The van der Waals surface area contributed by atoms with Crippen molar-refractivity contribution in [3.8, 4) is 0 Å². The number of sulfonamides is 1. The number of aliphatic hydroxyl groups excluding tert-OH is 1. The molecular weight excluding hydrogens is 749 g/mol. The number of piperazine rings is 1. The molecule has 2 saturated heterocycles. The lowest BCUT2D eigenvalue weighted by atomic mass is 9.90. The summed E-state index contributed by atoms with van der Waals surface area (Å²) in [4.78, 5) is 18.7. The van der Waals surface area contributed by atoms with E-state index in [9.17, 15) is 18.3 Å². The summed E-state index contributed by atoms with van der Waals surface area (Å²) in [6.07, 6.45) is -0.732. The molecule has 5 aromatic carbocycles. The zero-order valence-electron chi connectivity index (χ0n) is 33.2. The molecule has 0 aliphatic carbocycles. The van der Waals surface area contributed by atoms with Gasteiger partial charge >= 0.3 is 0 Å². The van der Waals surface area contributed by atoms with Gasteiger partial charge in [0.2, 0.25) is 15.9 Å².